The molecule has 0 spiro atoms. The van der Waals surface area contributed by atoms with Gasteiger partial charge in [0, 0.05) is 17.2 Å². The summed E-state index contributed by atoms with van der Waals surface area (Å²) in [5, 5.41) is 38.9. The number of β-lactam (4-membered cyclic amide) rings is 1. The molecule has 0 aromatic carbocycles. The maximum Gasteiger partial charge on any atom is 0.352 e. The number of hydrogen-bond donors (Lipinski definition) is 7. The zero-order chi connectivity index (χ0) is 38.1. The van der Waals surface area contributed by atoms with Crippen LogP contribution in [0.5, 0.6) is 0 Å². The molecule has 0 bridgehead atoms. The van der Waals surface area contributed by atoms with E-state index in [2.05, 4.69) is 25.8 Å². The SMILES string of the molecule is CC(C)(O/N=C(\C(=O)N[C@@H]1C(=O)N2C(C(=O)O)=C(/C=C/C[n+]3cnc(N)c(NC(=O)C4=CC(=O)C(=O)CN4O)c3)CS[C@H]12)c1csc(N)n1)C(=O)O. The Morgan fingerprint density at radius 3 is 2.60 bits per heavy atom. The number of hydrogen-bond acceptors (Lipinski definition) is 17. The maximum atomic E-state index is 13.3. The first kappa shape index (κ1) is 37.1. The Morgan fingerprint density at radius 2 is 1.94 bits per heavy atom. The number of allylic oxidation sites excluding steroid dienone is 3. The Bertz CT molecular complexity index is 2040. The van der Waals surface area contributed by atoms with Crippen molar-refractivity contribution in [3.63, 3.8) is 0 Å². The highest BCUT2D eigenvalue weighted by atomic mass is 32.2. The minimum atomic E-state index is -1.82. The number of carbonyl (C=O) groups excluding carboxylic acids is 5. The predicted molar refractivity (Wildman–Crippen MR) is 179 cm³/mol. The summed E-state index contributed by atoms with van der Waals surface area (Å²) in [6.07, 6.45) is 6.46. The van der Waals surface area contributed by atoms with E-state index in [1.165, 1.54) is 54.2 Å². The summed E-state index contributed by atoms with van der Waals surface area (Å²) in [5.74, 6) is -7.19. The van der Waals surface area contributed by atoms with Crippen molar-refractivity contribution < 1.29 is 58.4 Å². The first-order chi connectivity index (χ1) is 24.5. The van der Waals surface area contributed by atoms with E-state index in [0.29, 0.717) is 11.1 Å². The van der Waals surface area contributed by atoms with Crippen LogP contribution in [-0.4, -0.2) is 112 Å². The minimum absolute atomic E-state index is 0.00364. The Hall–Kier alpha value is -6.20. The Labute approximate surface area is 300 Å². The van der Waals surface area contributed by atoms with Crippen LogP contribution in [0.4, 0.5) is 16.6 Å². The number of nitrogens with two attached hydrogens (primary N) is 2. The lowest BCUT2D eigenvalue weighted by Gasteiger charge is -2.49. The number of Topliss-reactive ketones (excluding diaryl/α,β-unsaturated/α-hetero) is 1. The van der Waals surface area contributed by atoms with Gasteiger partial charge in [-0.05, 0) is 30.5 Å². The van der Waals surface area contributed by atoms with Gasteiger partial charge in [-0.1, -0.05) is 11.2 Å². The quantitative estimate of drug-likeness (QED) is 0.0414. The number of rotatable bonds is 12. The number of carboxylic acids is 2. The van der Waals surface area contributed by atoms with Crippen LogP contribution in [0.3, 0.4) is 0 Å². The van der Waals surface area contributed by atoms with Gasteiger partial charge < -0.3 is 37.2 Å². The fourth-order valence-electron chi connectivity index (χ4n) is 4.71. The third-order valence-electron chi connectivity index (χ3n) is 7.49. The number of aromatic nitrogens is 3. The number of hydroxylamine groups is 2. The molecule has 9 N–H and O–H groups in total. The van der Waals surface area contributed by atoms with Crippen LogP contribution < -0.4 is 26.7 Å². The summed E-state index contributed by atoms with van der Waals surface area (Å²) in [5.41, 5.74) is 8.76. The van der Waals surface area contributed by atoms with Crippen molar-refractivity contribution >= 4 is 86.7 Å². The van der Waals surface area contributed by atoms with Crippen LogP contribution >= 0.6 is 23.1 Å². The monoisotopic (exact) mass is 757 g/mol. The summed E-state index contributed by atoms with van der Waals surface area (Å²) in [4.78, 5) is 100. The van der Waals surface area contributed by atoms with E-state index in [1.54, 1.807) is 6.08 Å². The molecule has 5 heterocycles. The highest BCUT2D eigenvalue weighted by Gasteiger charge is 2.54. The van der Waals surface area contributed by atoms with Gasteiger partial charge in [-0.25, -0.2) is 24.2 Å². The van der Waals surface area contributed by atoms with Gasteiger partial charge in [0.15, 0.2) is 16.5 Å². The third kappa shape index (κ3) is 7.59. The van der Waals surface area contributed by atoms with E-state index in [4.69, 9.17) is 16.3 Å². The van der Waals surface area contributed by atoms with Crippen LogP contribution in [0.15, 0.2) is 58.3 Å². The molecule has 0 aliphatic carbocycles. The number of nitrogens with one attached hydrogen (secondary N) is 2. The molecule has 52 heavy (non-hydrogen) atoms. The van der Waals surface area contributed by atoms with E-state index in [-0.39, 0.29) is 45.9 Å². The van der Waals surface area contributed by atoms with Crippen LogP contribution in [0, 0.1) is 0 Å². The molecule has 3 amide bonds. The van der Waals surface area contributed by atoms with Crippen molar-refractivity contribution in [1.82, 2.24) is 25.2 Å². The van der Waals surface area contributed by atoms with Gasteiger partial charge in [-0.2, -0.15) is 0 Å². The molecule has 0 radical (unpaired) electrons. The largest absolute Gasteiger partial charge is 0.478 e. The number of carbonyl (C=O) groups is 7. The zero-order valence-corrected chi connectivity index (χ0v) is 28.6. The van der Waals surface area contributed by atoms with Crippen molar-refractivity contribution in [2.24, 2.45) is 5.16 Å². The van der Waals surface area contributed by atoms with Crippen molar-refractivity contribution in [1.29, 1.82) is 0 Å². The number of ketones is 2. The van der Waals surface area contributed by atoms with E-state index in [1.807, 2.05) is 0 Å². The average Bonchev–Trinajstić information content (AvgIpc) is 3.51. The van der Waals surface area contributed by atoms with Crippen molar-refractivity contribution in [3.05, 3.63) is 58.8 Å². The molecule has 3 aliphatic heterocycles. The number of carboxylic acid groups (broad SMARTS) is 2. The first-order valence-electron chi connectivity index (χ1n) is 14.8. The molecule has 23 heteroatoms. The van der Waals surface area contributed by atoms with Crippen LogP contribution in [0.25, 0.3) is 0 Å². The lowest BCUT2D eigenvalue weighted by Crippen LogP contribution is -2.71. The second kappa shape index (κ2) is 14.6. The summed E-state index contributed by atoms with van der Waals surface area (Å²) >= 11 is 2.16. The number of nitrogen functional groups attached to an aromatic ring is 2. The molecule has 21 nitrogen and oxygen atoms in total. The molecular formula is C29H29N10O11S2+. The average molecular weight is 758 g/mol. The van der Waals surface area contributed by atoms with E-state index < -0.39 is 76.2 Å². The molecule has 2 aromatic heterocycles. The molecule has 0 unspecified atom stereocenters. The molecule has 3 aliphatic rings. The second-order valence-electron chi connectivity index (χ2n) is 11.6. The molecule has 272 valence electrons. The number of thiazole rings is 1. The molecular weight excluding hydrogens is 729 g/mol. The number of aliphatic carboxylic acids is 2. The number of fused-ring (bicyclic) bond motifs is 1. The molecule has 1 saturated heterocycles. The van der Waals surface area contributed by atoms with E-state index >= 15 is 0 Å². The van der Waals surface area contributed by atoms with Gasteiger partial charge in [-0.3, -0.25) is 34.1 Å². The number of oxime groups is 1. The first-order valence-corrected chi connectivity index (χ1v) is 16.7. The van der Waals surface area contributed by atoms with Crippen LogP contribution in [0.2, 0.25) is 0 Å². The van der Waals surface area contributed by atoms with Crippen LogP contribution in [0.1, 0.15) is 19.5 Å². The normalized spacial score (nSPS) is 19.2. The Kier molecular flexibility index (Phi) is 10.4. The second-order valence-corrected chi connectivity index (χ2v) is 13.6. The van der Waals surface area contributed by atoms with Crippen molar-refractivity contribution in [2.45, 2.75) is 37.4 Å². The maximum absolute atomic E-state index is 13.3. The van der Waals surface area contributed by atoms with Crippen molar-refractivity contribution in [3.8, 4) is 0 Å². The molecule has 5 rings (SSSR count). The van der Waals surface area contributed by atoms with Gasteiger partial charge >= 0.3 is 11.9 Å². The fourth-order valence-corrected chi connectivity index (χ4v) is 6.58. The number of amides is 3. The lowest BCUT2D eigenvalue weighted by atomic mass is 10.0. The summed E-state index contributed by atoms with van der Waals surface area (Å²) in [6, 6.07) is -1.17. The Morgan fingerprint density at radius 1 is 1.21 bits per heavy atom. The molecule has 1 fully saturated rings. The van der Waals surface area contributed by atoms with E-state index in [9.17, 15) is 49.0 Å². The van der Waals surface area contributed by atoms with Crippen molar-refractivity contribution in [2.75, 3.05) is 29.1 Å². The predicted octanol–water partition coefficient (Wildman–Crippen LogP) is -1.77. The number of nitrogens with zero attached hydrogens (tertiary/aromatic N) is 6. The van der Waals surface area contributed by atoms with Gasteiger partial charge in [-0.15, -0.1) is 23.1 Å². The fraction of sp³-hybridized carbons (Fsp3) is 0.276. The third-order valence-corrected chi connectivity index (χ3v) is 9.47. The highest BCUT2D eigenvalue weighted by molar-refractivity contribution is 8.00. The molecule has 0 saturated carbocycles. The Balaban J connectivity index is 1.28. The minimum Gasteiger partial charge on any atom is -0.478 e. The van der Waals surface area contributed by atoms with E-state index in [0.717, 1.165) is 16.2 Å². The van der Waals surface area contributed by atoms with Gasteiger partial charge in [0.05, 0.1) is 0 Å². The number of thioether (sulfide) groups is 1. The zero-order valence-electron chi connectivity index (χ0n) is 27.0. The molecule has 2 aromatic rings. The standard InChI is InChI=1S/C29H28N10O11S2/c1-29(2,27(47)48)50-36-18(14-10-52-28(31)34-14)23(43)35-19-24(44)39-20(26(45)46)12(9-51-25(19)39)4-3-5-37-7-13(21(30)32-11-37)33-22(42)15-6-16(40)17(41)8-38(15)49/h3-4,6-7,10-11,19,25,30,49H,5,8-9H2,1-2H3,(H6,31,33,34,35,42,43,45,46,47,48)/p+1/b4-3+,36-18-/t19-,25-/m1/s1. The van der Waals surface area contributed by atoms with Gasteiger partial charge in [0.25, 0.3) is 29.9 Å². The summed E-state index contributed by atoms with van der Waals surface area (Å²) in [6.45, 7) is 1.81. The number of anilines is 3. The smallest absolute Gasteiger partial charge is 0.352 e. The summed E-state index contributed by atoms with van der Waals surface area (Å²) < 4.78 is 1.47. The molecule has 2 atom stereocenters. The van der Waals surface area contributed by atoms with Crippen LogP contribution in [-0.2, 0) is 44.9 Å². The van der Waals surface area contributed by atoms with Gasteiger partial charge in [0.1, 0.15) is 47.8 Å². The lowest BCUT2D eigenvalue weighted by molar-refractivity contribution is -0.689. The topological polar surface area (TPSA) is 314 Å². The highest BCUT2D eigenvalue weighted by Crippen LogP contribution is 2.40. The van der Waals surface area contributed by atoms with Gasteiger partial charge in [0.2, 0.25) is 17.2 Å². The summed E-state index contributed by atoms with van der Waals surface area (Å²) in [7, 11) is 0.